The van der Waals surface area contributed by atoms with Crippen LogP contribution >= 0.6 is 0 Å². The minimum atomic E-state index is -4.60. The van der Waals surface area contributed by atoms with Crippen LogP contribution in [0.25, 0.3) is 38.8 Å². The normalized spacial score (nSPS) is 11.9. The van der Waals surface area contributed by atoms with Crippen LogP contribution in [0.1, 0.15) is 12.6 Å². The third-order valence-corrected chi connectivity index (χ3v) is 5.18. The highest BCUT2D eigenvalue weighted by Crippen LogP contribution is 2.30. The van der Waals surface area contributed by atoms with Crippen LogP contribution in [0.3, 0.4) is 0 Å². The van der Waals surface area contributed by atoms with Crippen LogP contribution in [0.5, 0.6) is 5.88 Å². The summed E-state index contributed by atoms with van der Waals surface area (Å²) >= 11 is 0. The Morgan fingerprint density at radius 3 is 2.53 bits per heavy atom. The monoisotopic (exact) mass is 466 g/mol. The molecular formula is C23H17F3N6O2. The average molecular weight is 466 g/mol. The van der Waals surface area contributed by atoms with Gasteiger partial charge in [0.05, 0.1) is 23.4 Å². The molecule has 0 radical (unpaired) electrons. The van der Waals surface area contributed by atoms with Gasteiger partial charge in [-0.2, -0.15) is 28.1 Å². The van der Waals surface area contributed by atoms with Crippen LogP contribution < -0.4 is 10.3 Å². The van der Waals surface area contributed by atoms with Gasteiger partial charge in [0.15, 0.2) is 0 Å². The van der Waals surface area contributed by atoms with E-state index in [2.05, 4.69) is 20.2 Å². The molecule has 4 aromatic heterocycles. The zero-order valence-electron chi connectivity index (χ0n) is 18.0. The van der Waals surface area contributed by atoms with E-state index >= 15 is 0 Å². The van der Waals surface area contributed by atoms with Crippen molar-refractivity contribution in [1.82, 2.24) is 29.5 Å². The molecule has 0 spiro atoms. The molecule has 0 aliphatic rings. The Labute approximate surface area is 190 Å². The Morgan fingerprint density at radius 1 is 1.03 bits per heavy atom. The van der Waals surface area contributed by atoms with Gasteiger partial charge in [-0.15, -0.1) is 0 Å². The van der Waals surface area contributed by atoms with E-state index in [1.807, 2.05) is 6.20 Å². The predicted molar refractivity (Wildman–Crippen MR) is 119 cm³/mol. The summed E-state index contributed by atoms with van der Waals surface area (Å²) in [7, 11) is 1.79. The Bertz CT molecular complexity index is 1590. The molecular weight excluding hydrogens is 449 g/mol. The molecule has 8 nitrogen and oxygen atoms in total. The van der Waals surface area contributed by atoms with Crippen LogP contribution in [0.2, 0.25) is 0 Å². The molecule has 1 aromatic carbocycles. The summed E-state index contributed by atoms with van der Waals surface area (Å²) in [6.45, 7) is 2.14. The lowest BCUT2D eigenvalue weighted by molar-refractivity contribution is -0.141. The minimum absolute atomic E-state index is 0.0686. The molecule has 5 aromatic rings. The highest BCUT2D eigenvalue weighted by Gasteiger charge is 2.32. The number of benzene rings is 1. The number of alkyl halides is 3. The molecule has 0 fully saturated rings. The van der Waals surface area contributed by atoms with Crippen LogP contribution in [-0.2, 0) is 13.2 Å². The quantitative estimate of drug-likeness (QED) is 0.396. The molecule has 0 unspecified atom stereocenters. The number of hydrogen-bond donors (Lipinski definition) is 0. The maximum absolute atomic E-state index is 13.6. The fourth-order valence-corrected chi connectivity index (χ4v) is 3.70. The van der Waals surface area contributed by atoms with E-state index < -0.39 is 17.4 Å². The van der Waals surface area contributed by atoms with E-state index in [4.69, 9.17) is 4.74 Å². The van der Waals surface area contributed by atoms with Gasteiger partial charge in [-0.3, -0.25) is 14.5 Å². The first-order valence-electron chi connectivity index (χ1n) is 10.3. The first-order valence-corrected chi connectivity index (χ1v) is 10.3. The van der Waals surface area contributed by atoms with Crippen LogP contribution in [0.15, 0.2) is 59.7 Å². The molecule has 11 heteroatoms. The second-order valence-corrected chi connectivity index (χ2v) is 7.52. The van der Waals surface area contributed by atoms with E-state index in [1.54, 1.807) is 49.0 Å². The first kappa shape index (κ1) is 21.6. The Kier molecular flexibility index (Phi) is 5.03. The largest absolute Gasteiger partial charge is 0.478 e. The standard InChI is InChI=1S/C23H17F3N6O2/c1-3-34-19-9-7-17-21(28-19)20(13-4-8-18(27-11-13)23(24,25)26)22(33)32(30-17)15-5-6-16-14(10-15)12-31(2)29-16/h4-12H,3H2,1-2H3. The molecule has 0 aliphatic heterocycles. The van der Waals surface area contributed by atoms with Gasteiger partial charge in [0, 0.05) is 36.5 Å². The van der Waals surface area contributed by atoms with Gasteiger partial charge in [-0.25, -0.2) is 4.98 Å². The molecule has 5 rings (SSSR count). The molecule has 0 N–H and O–H groups in total. The van der Waals surface area contributed by atoms with Crippen LogP contribution in [-0.4, -0.2) is 36.1 Å². The lowest BCUT2D eigenvalue weighted by Crippen LogP contribution is -2.24. The number of halogens is 3. The molecule has 0 bridgehead atoms. The SMILES string of the molecule is CCOc1ccc2nn(-c3ccc4nn(C)cc4c3)c(=O)c(-c3ccc(C(F)(F)F)nc3)c2n1. The third-order valence-electron chi connectivity index (χ3n) is 5.18. The van der Waals surface area contributed by atoms with Crippen LogP contribution in [0.4, 0.5) is 13.2 Å². The van der Waals surface area contributed by atoms with Gasteiger partial charge in [-0.05, 0) is 37.3 Å². The topological polar surface area (TPSA) is 87.7 Å². The second-order valence-electron chi connectivity index (χ2n) is 7.52. The van der Waals surface area contributed by atoms with E-state index in [9.17, 15) is 18.0 Å². The van der Waals surface area contributed by atoms with Crippen molar-refractivity contribution in [2.24, 2.45) is 7.05 Å². The summed E-state index contributed by atoms with van der Waals surface area (Å²) in [6, 6.07) is 10.5. The van der Waals surface area contributed by atoms with E-state index in [-0.39, 0.29) is 22.5 Å². The van der Waals surface area contributed by atoms with Crippen molar-refractivity contribution in [2.45, 2.75) is 13.1 Å². The van der Waals surface area contributed by atoms with Crippen molar-refractivity contribution in [2.75, 3.05) is 6.61 Å². The number of aromatic nitrogens is 6. The van der Waals surface area contributed by atoms with Gasteiger partial charge in [0.25, 0.3) is 5.56 Å². The lowest BCUT2D eigenvalue weighted by Gasteiger charge is -2.12. The summed E-state index contributed by atoms with van der Waals surface area (Å²) in [6.07, 6.45) is -1.78. The fourth-order valence-electron chi connectivity index (χ4n) is 3.70. The minimum Gasteiger partial charge on any atom is -0.478 e. The van der Waals surface area contributed by atoms with Crippen LogP contribution in [0, 0.1) is 0 Å². The first-order chi connectivity index (χ1) is 16.2. The number of hydrogen-bond acceptors (Lipinski definition) is 6. The number of rotatable bonds is 4. The molecule has 0 saturated carbocycles. The van der Waals surface area contributed by atoms with Gasteiger partial charge in [-0.1, -0.05) is 6.07 Å². The van der Waals surface area contributed by atoms with Crippen molar-refractivity contribution in [3.05, 3.63) is 70.9 Å². The summed E-state index contributed by atoms with van der Waals surface area (Å²) in [4.78, 5) is 21.5. The average Bonchev–Trinajstić information content (AvgIpc) is 3.17. The van der Waals surface area contributed by atoms with Crippen molar-refractivity contribution in [3.8, 4) is 22.7 Å². The van der Waals surface area contributed by atoms with Gasteiger partial charge >= 0.3 is 6.18 Å². The van der Waals surface area contributed by atoms with Crippen molar-refractivity contribution >= 4 is 21.9 Å². The Hall–Kier alpha value is -4.28. The van der Waals surface area contributed by atoms with E-state index in [0.717, 1.165) is 23.2 Å². The third kappa shape index (κ3) is 3.74. The predicted octanol–water partition coefficient (Wildman–Crippen LogP) is 4.15. The van der Waals surface area contributed by atoms with E-state index in [0.29, 0.717) is 17.8 Å². The smallest absolute Gasteiger partial charge is 0.433 e. The van der Waals surface area contributed by atoms with Gasteiger partial charge in [0.2, 0.25) is 5.88 Å². The molecule has 34 heavy (non-hydrogen) atoms. The molecule has 4 heterocycles. The molecule has 0 amide bonds. The Balaban J connectivity index is 1.77. The maximum atomic E-state index is 13.6. The summed E-state index contributed by atoms with van der Waals surface area (Å²) in [5.74, 6) is 0.270. The van der Waals surface area contributed by atoms with Gasteiger partial charge < -0.3 is 4.74 Å². The maximum Gasteiger partial charge on any atom is 0.433 e. The number of nitrogens with zero attached hydrogens (tertiary/aromatic N) is 6. The van der Waals surface area contributed by atoms with Crippen molar-refractivity contribution in [1.29, 1.82) is 0 Å². The molecule has 0 aliphatic carbocycles. The molecule has 0 saturated heterocycles. The summed E-state index contributed by atoms with van der Waals surface area (Å²) in [5.41, 5.74) is 0.429. The summed E-state index contributed by atoms with van der Waals surface area (Å²) < 4.78 is 47.4. The van der Waals surface area contributed by atoms with E-state index in [1.165, 1.54) is 10.7 Å². The summed E-state index contributed by atoms with van der Waals surface area (Å²) in [5, 5.41) is 9.59. The van der Waals surface area contributed by atoms with Crippen molar-refractivity contribution in [3.63, 3.8) is 0 Å². The number of pyridine rings is 2. The number of aryl methyl sites for hydroxylation is 1. The highest BCUT2D eigenvalue weighted by molar-refractivity contribution is 5.91. The Morgan fingerprint density at radius 2 is 1.82 bits per heavy atom. The molecule has 172 valence electrons. The highest BCUT2D eigenvalue weighted by atomic mass is 19.4. The zero-order chi connectivity index (χ0) is 24.0. The number of fused-ring (bicyclic) bond motifs is 2. The second kappa shape index (κ2) is 7.94. The zero-order valence-corrected chi connectivity index (χ0v) is 18.0. The number of ether oxygens (including phenoxy) is 1. The lowest BCUT2D eigenvalue weighted by atomic mass is 10.1. The van der Waals surface area contributed by atoms with Gasteiger partial charge in [0.1, 0.15) is 16.7 Å². The fraction of sp³-hybridized carbons (Fsp3) is 0.174. The van der Waals surface area contributed by atoms with Crippen molar-refractivity contribution < 1.29 is 17.9 Å². The molecule has 0 atom stereocenters.